The molecule has 5 nitrogen and oxygen atoms in total. The maximum Gasteiger partial charge on any atom is 0.204 e. The SMILES string of the molecule is Fc1ccc(-c2nnn(CN3CCCC3c3cccs3)n2)cc1. The van der Waals surface area contributed by atoms with Gasteiger partial charge in [-0.2, -0.15) is 0 Å². The van der Waals surface area contributed by atoms with Crippen LogP contribution in [0.4, 0.5) is 4.39 Å². The molecule has 2 aromatic heterocycles. The minimum absolute atomic E-state index is 0.267. The second kappa shape index (κ2) is 6.17. The van der Waals surface area contributed by atoms with Crippen LogP contribution in [-0.4, -0.2) is 31.7 Å². The maximum absolute atomic E-state index is 13.0. The van der Waals surface area contributed by atoms with Gasteiger partial charge in [0, 0.05) is 23.0 Å². The molecule has 0 bridgehead atoms. The number of hydrogen-bond acceptors (Lipinski definition) is 5. The van der Waals surface area contributed by atoms with Crippen LogP contribution in [0.25, 0.3) is 11.4 Å². The molecule has 4 rings (SSSR count). The molecule has 0 aliphatic carbocycles. The Balaban J connectivity index is 1.50. The van der Waals surface area contributed by atoms with E-state index in [4.69, 9.17) is 0 Å². The second-order valence-corrected chi connectivity index (χ2v) is 6.60. The Hall–Kier alpha value is -2.12. The lowest BCUT2D eigenvalue weighted by molar-refractivity contribution is 0.179. The van der Waals surface area contributed by atoms with Gasteiger partial charge in [-0.1, -0.05) is 6.07 Å². The van der Waals surface area contributed by atoms with Crippen LogP contribution in [0.3, 0.4) is 0 Å². The van der Waals surface area contributed by atoms with E-state index in [1.54, 1.807) is 28.3 Å². The first-order chi connectivity index (χ1) is 11.3. The molecule has 3 heterocycles. The zero-order valence-corrected chi connectivity index (χ0v) is 13.3. The summed E-state index contributed by atoms with van der Waals surface area (Å²) < 4.78 is 13.0. The molecule has 1 fully saturated rings. The Morgan fingerprint density at radius 3 is 2.87 bits per heavy atom. The highest BCUT2D eigenvalue weighted by Gasteiger charge is 2.27. The highest BCUT2D eigenvalue weighted by Crippen LogP contribution is 2.34. The molecule has 7 heteroatoms. The number of tetrazole rings is 1. The fourth-order valence-corrected chi connectivity index (χ4v) is 3.87. The Kier molecular flexibility index (Phi) is 3.88. The molecule has 0 radical (unpaired) electrons. The van der Waals surface area contributed by atoms with E-state index in [-0.39, 0.29) is 5.82 Å². The van der Waals surface area contributed by atoms with Crippen LogP contribution in [0.5, 0.6) is 0 Å². The summed E-state index contributed by atoms with van der Waals surface area (Å²) in [5, 5.41) is 14.8. The minimum atomic E-state index is -0.267. The Morgan fingerprint density at radius 2 is 2.09 bits per heavy atom. The van der Waals surface area contributed by atoms with Gasteiger partial charge in [0.05, 0.1) is 0 Å². The summed E-state index contributed by atoms with van der Waals surface area (Å²) >= 11 is 1.80. The minimum Gasteiger partial charge on any atom is -0.275 e. The van der Waals surface area contributed by atoms with Crippen LogP contribution in [-0.2, 0) is 6.67 Å². The van der Waals surface area contributed by atoms with Gasteiger partial charge in [0.15, 0.2) is 0 Å². The van der Waals surface area contributed by atoms with Gasteiger partial charge in [0.2, 0.25) is 5.82 Å². The van der Waals surface area contributed by atoms with Gasteiger partial charge in [-0.15, -0.1) is 26.3 Å². The zero-order chi connectivity index (χ0) is 15.6. The van der Waals surface area contributed by atoms with Crippen molar-refractivity contribution in [1.29, 1.82) is 0 Å². The Bertz CT molecular complexity index is 768. The quantitative estimate of drug-likeness (QED) is 0.736. The highest BCUT2D eigenvalue weighted by molar-refractivity contribution is 7.10. The van der Waals surface area contributed by atoms with E-state index in [1.165, 1.54) is 29.9 Å². The van der Waals surface area contributed by atoms with E-state index < -0.39 is 0 Å². The van der Waals surface area contributed by atoms with Crippen molar-refractivity contribution in [3.63, 3.8) is 0 Å². The second-order valence-electron chi connectivity index (χ2n) is 5.62. The van der Waals surface area contributed by atoms with Crippen molar-refractivity contribution in [2.75, 3.05) is 6.54 Å². The number of likely N-dealkylation sites (tertiary alicyclic amines) is 1. The molecule has 1 atom stereocenters. The number of thiophene rings is 1. The van der Waals surface area contributed by atoms with Gasteiger partial charge in [-0.3, -0.25) is 4.90 Å². The zero-order valence-electron chi connectivity index (χ0n) is 12.5. The van der Waals surface area contributed by atoms with E-state index >= 15 is 0 Å². The van der Waals surface area contributed by atoms with Gasteiger partial charge >= 0.3 is 0 Å². The molecular weight excluding hydrogens is 313 g/mol. The number of halogens is 1. The first kappa shape index (κ1) is 14.5. The third kappa shape index (κ3) is 3.02. The molecule has 1 unspecified atom stereocenters. The number of benzene rings is 1. The summed E-state index contributed by atoms with van der Waals surface area (Å²) in [5.41, 5.74) is 0.772. The van der Waals surface area contributed by atoms with Crippen LogP contribution in [0, 0.1) is 5.82 Å². The molecule has 1 aliphatic rings. The topological polar surface area (TPSA) is 46.8 Å². The van der Waals surface area contributed by atoms with E-state index in [0.717, 1.165) is 12.1 Å². The van der Waals surface area contributed by atoms with Crippen LogP contribution in [0.1, 0.15) is 23.8 Å². The number of aromatic nitrogens is 4. The maximum atomic E-state index is 13.0. The van der Waals surface area contributed by atoms with Crippen molar-refractivity contribution >= 4 is 11.3 Å². The smallest absolute Gasteiger partial charge is 0.204 e. The van der Waals surface area contributed by atoms with Gasteiger partial charge in [-0.05, 0) is 53.8 Å². The normalized spacial score (nSPS) is 18.6. The third-order valence-electron chi connectivity index (χ3n) is 4.10. The Morgan fingerprint density at radius 1 is 1.22 bits per heavy atom. The lowest BCUT2D eigenvalue weighted by Crippen LogP contribution is -2.27. The Labute approximate surface area is 137 Å². The fraction of sp³-hybridized carbons (Fsp3) is 0.312. The molecule has 1 aromatic carbocycles. The summed E-state index contributed by atoms with van der Waals surface area (Å²) in [5.74, 6) is 0.258. The van der Waals surface area contributed by atoms with Gasteiger partial charge in [-0.25, -0.2) is 4.39 Å². The van der Waals surface area contributed by atoms with Crippen molar-refractivity contribution in [2.45, 2.75) is 25.6 Å². The van der Waals surface area contributed by atoms with Gasteiger partial charge in [0.1, 0.15) is 12.5 Å². The molecule has 1 saturated heterocycles. The molecule has 0 saturated carbocycles. The van der Waals surface area contributed by atoms with Crippen LogP contribution in [0.15, 0.2) is 41.8 Å². The van der Waals surface area contributed by atoms with Crippen LogP contribution in [0.2, 0.25) is 0 Å². The fourth-order valence-electron chi connectivity index (χ4n) is 2.98. The molecule has 0 spiro atoms. The van der Waals surface area contributed by atoms with Crippen molar-refractivity contribution in [2.24, 2.45) is 0 Å². The lowest BCUT2D eigenvalue weighted by Gasteiger charge is -2.22. The largest absolute Gasteiger partial charge is 0.275 e. The first-order valence-corrected chi connectivity index (χ1v) is 8.49. The summed E-state index contributed by atoms with van der Waals surface area (Å²) in [7, 11) is 0. The summed E-state index contributed by atoms with van der Waals surface area (Å²) in [4.78, 5) is 5.38. The number of hydrogen-bond donors (Lipinski definition) is 0. The molecule has 0 N–H and O–H groups in total. The third-order valence-corrected chi connectivity index (χ3v) is 5.07. The van der Waals surface area contributed by atoms with Gasteiger partial charge in [0.25, 0.3) is 0 Å². The lowest BCUT2D eigenvalue weighted by atomic mass is 10.2. The van der Waals surface area contributed by atoms with Crippen molar-refractivity contribution < 1.29 is 4.39 Å². The van der Waals surface area contributed by atoms with E-state index in [9.17, 15) is 4.39 Å². The monoisotopic (exact) mass is 329 g/mol. The predicted molar refractivity (Wildman–Crippen MR) is 86.2 cm³/mol. The van der Waals surface area contributed by atoms with E-state index in [2.05, 4.69) is 37.8 Å². The molecule has 1 aliphatic heterocycles. The standard InChI is InChI=1S/C16H16FN5S/c17-13-7-5-12(6-8-13)16-18-20-22(19-16)11-21-9-1-3-14(21)15-4-2-10-23-15/h2,4-8,10,14H,1,3,9,11H2. The summed E-state index contributed by atoms with van der Waals surface area (Å²) in [6.45, 7) is 1.66. The van der Waals surface area contributed by atoms with Crippen molar-refractivity contribution in [1.82, 2.24) is 25.1 Å². The predicted octanol–water partition coefficient (Wildman–Crippen LogP) is 3.34. The van der Waals surface area contributed by atoms with Crippen LogP contribution >= 0.6 is 11.3 Å². The average Bonchev–Trinajstić information content (AvgIpc) is 3.29. The van der Waals surface area contributed by atoms with Crippen molar-refractivity contribution in [3.8, 4) is 11.4 Å². The molecule has 118 valence electrons. The van der Waals surface area contributed by atoms with Gasteiger partial charge < -0.3 is 0 Å². The van der Waals surface area contributed by atoms with Crippen LogP contribution < -0.4 is 0 Å². The van der Waals surface area contributed by atoms with E-state index in [1.807, 2.05) is 0 Å². The molecular formula is C16H16FN5S. The highest BCUT2D eigenvalue weighted by atomic mass is 32.1. The molecule has 0 amide bonds. The number of rotatable bonds is 4. The summed E-state index contributed by atoms with van der Waals surface area (Å²) in [6.07, 6.45) is 2.35. The average molecular weight is 329 g/mol. The molecule has 3 aromatic rings. The van der Waals surface area contributed by atoms with Crippen molar-refractivity contribution in [3.05, 3.63) is 52.5 Å². The first-order valence-electron chi connectivity index (χ1n) is 7.61. The molecule has 23 heavy (non-hydrogen) atoms. The number of nitrogens with zero attached hydrogens (tertiary/aromatic N) is 5. The van der Waals surface area contributed by atoms with E-state index in [0.29, 0.717) is 18.5 Å². The summed E-state index contributed by atoms with van der Waals surface area (Å²) in [6, 6.07) is 10.9.